The molecule has 3 rings (SSSR count). The van der Waals surface area contributed by atoms with Gasteiger partial charge < -0.3 is 25.4 Å². The van der Waals surface area contributed by atoms with Crippen LogP contribution in [0.25, 0.3) is 11.1 Å². The molecule has 2 aromatic rings. The maximum absolute atomic E-state index is 10.0. The van der Waals surface area contributed by atoms with E-state index in [-0.39, 0.29) is 34.4 Å². The number of phenols is 1. The van der Waals surface area contributed by atoms with Crippen molar-refractivity contribution in [3.63, 3.8) is 0 Å². The molecule has 1 aromatic heterocycles. The van der Waals surface area contributed by atoms with Gasteiger partial charge in [-0.1, -0.05) is 11.6 Å². The molecule has 0 radical (unpaired) electrons. The van der Waals surface area contributed by atoms with Crippen molar-refractivity contribution in [2.45, 2.75) is 20.0 Å². The summed E-state index contributed by atoms with van der Waals surface area (Å²) in [5.41, 5.74) is 9.13. The smallest absolute Gasteiger partial charge is 0.290 e. The van der Waals surface area contributed by atoms with Crippen molar-refractivity contribution in [3.05, 3.63) is 34.0 Å². The van der Waals surface area contributed by atoms with E-state index < -0.39 is 0 Å². The third-order valence-electron chi connectivity index (χ3n) is 3.87. The number of ether oxygens (including phenoxy) is 2. The summed E-state index contributed by atoms with van der Waals surface area (Å²) in [5.74, 6) is 0.299. The molecule has 0 amide bonds. The molecular formula is C18H18ClN3O5. The van der Waals surface area contributed by atoms with Gasteiger partial charge in [0.15, 0.2) is 11.5 Å². The molecule has 0 saturated carbocycles. The second-order valence-electron chi connectivity index (χ2n) is 5.43. The van der Waals surface area contributed by atoms with E-state index in [2.05, 4.69) is 11.1 Å². The quantitative estimate of drug-likeness (QED) is 0.678. The average molecular weight is 392 g/mol. The molecular weight excluding hydrogens is 374 g/mol. The van der Waals surface area contributed by atoms with Crippen LogP contribution >= 0.6 is 11.6 Å². The number of nitrogen functional groups attached to an aromatic ring is 1. The Balaban J connectivity index is 0.000000817. The number of hydrogen-bond donors (Lipinski definition) is 3. The Labute approximate surface area is 160 Å². The van der Waals surface area contributed by atoms with Crippen molar-refractivity contribution in [2.75, 3.05) is 18.9 Å². The molecule has 9 heteroatoms. The molecule has 0 bridgehead atoms. The predicted molar refractivity (Wildman–Crippen MR) is 98.7 cm³/mol. The van der Waals surface area contributed by atoms with Crippen LogP contribution in [0, 0.1) is 11.3 Å². The molecule has 0 fully saturated rings. The second-order valence-corrected chi connectivity index (χ2v) is 5.84. The molecule has 0 spiro atoms. The fourth-order valence-electron chi connectivity index (χ4n) is 2.81. The van der Waals surface area contributed by atoms with Crippen molar-refractivity contribution < 1.29 is 24.5 Å². The van der Waals surface area contributed by atoms with Crippen LogP contribution in [0.2, 0.25) is 5.02 Å². The number of pyridine rings is 1. The van der Waals surface area contributed by atoms with Crippen LogP contribution < -0.4 is 10.5 Å². The van der Waals surface area contributed by atoms with Crippen molar-refractivity contribution in [2.24, 2.45) is 0 Å². The van der Waals surface area contributed by atoms with E-state index in [1.165, 1.54) is 0 Å². The Kier molecular flexibility index (Phi) is 6.82. The number of carbonyl (C=O) groups is 1. The number of rotatable bonds is 3. The maximum atomic E-state index is 10.0. The topological polar surface area (TPSA) is 139 Å². The van der Waals surface area contributed by atoms with Crippen molar-refractivity contribution in [1.29, 1.82) is 5.26 Å². The van der Waals surface area contributed by atoms with E-state index >= 15 is 0 Å². The van der Waals surface area contributed by atoms with Crippen LogP contribution in [0.15, 0.2) is 12.1 Å². The van der Waals surface area contributed by atoms with E-state index in [4.69, 9.17) is 36.7 Å². The Morgan fingerprint density at radius 1 is 1.52 bits per heavy atom. The van der Waals surface area contributed by atoms with Gasteiger partial charge in [0, 0.05) is 17.5 Å². The Bertz CT molecular complexity index is 896. The minimum Gasteiger partial charge on any atom is -0.503 e. The van der Waals surface area contributed by atoms with E-state index in [0.29, 0.717) is 37.4 Å². The van der Waals surface area contributed by atoms with E-state index in [9.17, 15) is 10.4 Å². The fourth-order valence-corrected chi connectivity index (χ4v) is 3.02. The number of nitriles is 1. The van der Waals surface area contributed by atoms with Crippen molar-refractivity contribution in [3.8, 4) is 28.7 Å². The maximum Gasteiger partial charge on any atom is 0.290 e. The number of aromatic nitrogens is 1. The molecule has 1 aliphatic rings. The molecule has 0 aliphatic carbocycles. The number of aromatic hydroxyl groups is 1. The first kappa shape index (κ1) is 20.3. The van der Waals surface area contributed by atoms with Crippen LogP contribution in [0.3, 0.4) is 0 Å². The zero-order chi connectivity index (χ0) is 20.0. The summed E-state index contributed by atoms with van der Waals surface area (Å²) < 4.78 is 11.0. The summed E-state index contributed by atoms with van der Waals surface area (Å²) in [5, 5.41) is 26.6. The predicted octanol–water partition coefficient (Wildman–Crippen LogP) is 2.73. The largest absolute Gasteiger partial charge is 0.503 e. The highest BCUT2D eigenvalue weighted by atomic mass is 35.5. The molecule has 0 saturated heterocycles. The van der Waals surface area contributed by atoms with Gasteiger partial charge in [-0.3, -0.25) is 4.79 Å². The fraction of sp³-hybridized carbons (Fsp3) is 0.278. The third-order valence-corrected chi connectivity index (χ3v) is 4.16. The van der Waals surface area contributed by atoms with Gasteiger partial charge in [-0.05, 0) is 24.6 Å². The first-order valence-electron chi connectivity index (χ1n) is 8.01. The highest BCUT2D eigenvalue weighted by Gasteiger charge is 2.24. The Morgan fingerprint density at radius 2 is 2.22 bits per heavy atom. The Hall–Kier alpha value is -3.02. The van der Waals surface area contributed by atoms with Gasteiger partial charge in [0.1, 0.15) is 17.5 Å². The van der Waals surface area contributed by atoms with Gasteiger partial charge >= 0.3 is 0 Å². The van der Waals surface area contributed by atoms with Crippen LogP contribution in [-0.2, 0) is 22.6 Å². The molecule has 142 valence electrons. The number of nitrogens with zero attached hydrogens (tertiary/aromatic N) is 2. The van der Waals surface area contributed by atoms with Gasteiger partial charge in [-0.2, -0.15) is 5.26 Å². The minimum absolute atomic E-state index is 0.132. The lowest BCUT2D eigenvalue weighted by molar-refractivity contribution is -0.122. The van der Waals surface area contributed by atoms with Crippen LogP contribution in [0.4, 0.5) is 5.82 Å². The lowest BCUT2D eigenvalue weighted by Crippen LogP contribution is -2.16. The number of benzene rings is 1. The molecule has 2 heterocycles. The lowest BCUT2D eigenvalue weighted by Gasteiger charge is -2.22. The Morgan fingerprint density at radius 3 is 2.85 bits per heavy atom. The number of fused-ring (bicyclic) bond motifs is 1. The number of nitrogens with two attached hydrogens (primary N) is 1. The van der Waals surface area contributed by atoms with Crippen molar-refractivity contribution >= 4 is 23.9 Å². The molecule has 0 unspecified atom stereocenters. The molecule has 0 atom stereocenters. The highest BCUT2D eigenvalue weighted by molar-refractivity contribution is 6.32. The molecule has 8 nitrogen and oxygen atoms in total. The number of carboxylic acid groups (broad SMARTS) is 1. The zero-order valence-corrected chi connectivity index (χ0v) is 15.3. The number of halogens is 1. The second kappa shape index (κ2) is 9.07. The van der Waals surface area contributed by atoms with Crippen LogP contribution in [0.1, 0.15) is 23.7 Å². The number of phenolic OH excluding ortho intramolecular Hbond substituents is 1. The average Bonchev–Trinajstić information content (AvgIpc) is 2.65. The van der Waals surface area contributed by atoms with Gasteiger partial charge in [0.2, 0.25) is 0 Å². The normalized spacial score (nSPS) is 12.2. The SMILES string of the molecule is CCOc1cc(-c2c(C#N)c(N)nc3c2COCC3)cc(Cl)c1O.O=CO. The standard InChI is InChI=1S/C17H16ClN3O3.CH2O2/c1-2-24-14-6-9(5-12(18)16(14)22)15-10(7-19)17(20)21-13-3-4-23-8-11(13)15;2-1-3/h5-6,22H,2-4,8H2,1H3,(H2,20,21);1H,(H,2,3). The summed E-state index contributed by atoms with van der Waals surface area (Å²) in [6.45, 7) is 2.83. The third kappa shape index (κ3) is 4.22. The molecule has 1 aliphatic heterocycles. The number of anilines is 1. The summed E-state index contributed by atoms with van der Waals surface area (Å²) in [7, 11) is 0. The van der Waals surface area contributed by atoms with E-state index in [1.807, 2.05) is 0 Å². The summed E-state index contributed by atoms with van der Waals surface area (Å²) >= 11 is 6.13. The first-order valence-corrected chi connectivity index (χ1v) is 8.38. The van der Waals surface area contributed by atoms with E-state index in [0.717, 1.165) is 11.3 Å². The van der Waals surface area contributed by atoms with Gasteiger partial charge in [0.25, 0.3) is 6.47 Å². The summed E-state index contributed by atoms with van der Waals surface area (Å²) in [6.07, 6.45) is 0.627. The minimum atomic E-state index is -0.250. The summed E-state index contributed by atoms with van der Waals surface area (Å²) in [6, 6.07) is 5.34. The molecule has 4 N–H and O–H groups in total. The monoisotopic (exact) mass is 391 g/mol. The van der Waals surface area contributed by atoms with E-state index in [1.54, 1.807) is 19.1 Å². The lowest BCUT2D eigenvalue weighted by atomic mass is 9.92. The van der Waals surface area contributed by atoms with Crippen molar-refractivity contribution in [1.82, 2.24) is 4.98 Å². The van der Waals surface area contributed by atoms with Crippen LogP contribution in [-0.4, -0.2) is 34.9 Å². The summed E-state index contributed by atoms with van der Waals surface area (Å²) in [4.78, 5) is 12.7. The number of hydrogen-bond acceptors (Lipinski definition) is 7. The van der Waals surface area contributed by atoms with Gasteiger partial charge in [-0.25, -0.2) is 4.98 Å². The first-order chi connectivity index (χ1) is 13.0. The van der Waals surface area contributed by atoms with Gasteiger partial charge in [0.05, 0.1) is 30.5 Å². The molecule has 1 aromatic carbocycles. The van der Waals surface area contributed by atoms with Gasteiger partial charge in [-0.15, -0.1) is 0 Å². The highest BCUT2D eigenvalue weighted by Crippen LogP contribution is 2.42. The molecule has 27 heavy (non-hydrogen) atoms. The van der Waals surface area contributed by atoms with Crippen LogP contribution in [0.5, 0.6) is 11.5 Å². The zero-order valence-electron chi connectivity index (χ0n) is 14.5.